The summed E-state index contributed by atoms with van der Waals surface area (Å²) in [7, 11) is 0. The summed E-state index contributed by atoms with van der Waals surface area (Å²) >= 11 is 0. The van der Waals surface area contributed by atoms with Crippen LogP contribution in [-0.4, -0.2) is 12.6 Å². The molecule has 0 bridgehead atoms. The van der Waals surface area contributed by atoms with E-state index in [1.165, 1.54) is 18.4 Å². The van der Waals surface area contributed by atoms with Crippen LogP contribution >= 0.6 is 0 Å². The molecule has 3 aromatic carbocycles. The van der Waals surface area contributed by atoms with Crippen molar-refractivity contribution in [2.75, 3.05) is 6.61 Å². The summed E-state index contributed by atoms with van der Waals surface area (Å²) in [6.45, 7) is 5.07. The van der Waals surface area contributed by atoms with Gasteiger partial charge in [-0.25, -0.2) is 4.79 Å². The van der Waals surface area contributed by atoms with Crippen molar-refractivity contribution in [3.8, 4) is 22.6 Å². The third-order valence-corrected chi connectivity index (χ3v) is 5.03. The van der Waals surface area contributed by atoms with E-state index in [2.05, 4.69) is 13.8 Å². The number of carbonyl (C=O) groups excluding carboxylic acids is 1. The van der Waals surface area contributed by atoms with Crippen LogP contribution in [0.25, 0.3) is 11.1 Å². The summed E-state index contributed by atoms with van der Waals surface area (Å²) in [6.07, 6.45) is 5.57. The highest BCUT2D eigenvalue weighted by Crippen LogP contribution is 2.24. The second-order valence-corrected chi connectivity index (χ2v) is 7.44. The normalized spacial score (nSPS) is 10.6. The fraction of sp³-hybridized carbons (Fsp3) is 0.296. The maximum Gasteiger partial charge on any atom is 0.343 e. The molecule has 0 aliphatic rings. The van der Waals surface area contributed by atoms with Gasteiger partial charge in [-0.1, -0.05) is 63.1 Å². The van der Waals surface area contributed by atoms with E-state index >= 15 is 0 Å². The first kappa shape index (κ1) is 21.6. The van der Waals surface area contributed by atoms with E-state index in [9.17, 15) is 4.79 Å². The lowest BCUT2D eigenvalue weighted by atomic mass is 10.0. The maximum absolute atomic E-state index is 12.4. The zero-order valence-corrected chi connectivity index (χ0v) is 17.9. The van der Waals surface area contributed by atoms with Crippen LogP contribution in [0.1, 0.15) is 55.5 Å². The molecule has 156 valence electrons. The number of rotatable bonds is 10. The molecule has 0 radical (unpaired) electrons. The molecule has 0 heterocycles. The molecule has 0 spiro atoms. The molecule has 3 nitrogen and oxygen atoms in total. The van der Waals surface area contributed by atoms with E-state index in [1.807, 2.05) is 60.7 Å². The van der Waals surface area contributed by atoms with Crippen LogP contribution in [0, 0.1) is 0 Å². The van der Waals surface area contributed by atoms with Crippen molar-refractivity contribution >= 4 is 5.97 Å². The Hall–Kier alpha value is -3.07. The zero-order chi connectivity index (χ0) is 21.2. The molecule has 0 aliphatic heterocycles. The van der Waals surface area contributed by atoms with Gasteiger partial charge in [0.15, 0.2) is 0 Å². The highest BCUT2D eigenvalue weighted by Gasteiger charge is 2.09. The van der Waals surface area contributed by atoms with Crippen LogP contribution in [-0.2, 0) is 6.42 Å². The van der Waals surface area contributed by atoms with Gasteiger partial charge in [0.1, 0.15) is 11.5 Å². The lowest BCUT2D eigenvalue weighted by Gasteiger charge is -2.08. The summed E-state index contributed by atoms with van der Waals surface area (Å²) in [6, 6.07) is 23.3. The SMILES string of the molecule is CCCCOc1ccc(-c2ccc(C(=O)Oc3ccc(CCCC)cc3)cc2)cc1. The molecule has 3 heteroatoms. The monoisotopic (exact) mass is 402 g/mol. The van der Waals surface area contributed by atoms with Gasteiger partial charge in [0.2, 0.25) is 0 Å². The van der Waals surface area contributed by atoms with Crippen LogP contribution < -0.4 is 9.47 Å². The highest BCUT2D eigenvalue weighted by molar-refractivity contribution is 5.91. The minimum Gasteiger partial charge on any atom is -0.494 e. The lowest BCUT2D eigenvalue weighted by Crippen LogP contribution is -2.08. The molecular weight excluding hydrogens is 372 g/mol. The largest absolute Gasteiger partial charge is 0.494 e. The maximum atomic E-state index is 12.4. The molecule has 0 amide bonds. The van der Waals surface area contributed by atoms with Crippen LogP contribution in [0.15, 0.2) is 72.8 Å². The average Bonchev–Trinajstić information content (AvgIpc) is 2.79. The fourth-order valence-corrected chi connectivity index (χ4v) is 3.15. The Morgan fingerprint density at radius 1 is 0.700 bits per heavy atom. The molecule has 0 aromatic heterocycles. The van der Waals surface area contributed by atoms with Crippen molar-refractivity contribution in [3.63, 3.8) is 0 Å². The molecule has 3 rings (SSSR count). The lowest BCUT2D eigenvalue weighted by molar-refractivity contribution is 0.0734. The quantitative estimate of drug-likeness (QED) is 0.206. The first-order valence-corrected chi connectivity index (χ1v) is 10.8. The molecule has 0 saturated carbocycles. The van der Waals surface area contributed by atoms with Crippen LogP contribution in [0.4, 0.5) is 0 Å². The Morgan fingerprint density at radius 2 is 1.27 bits per heavy atom. The van der Waals surface area contributed by atoms with Crippen molar-refractivity contribution in [2.24, 2.45) is 0 Å². The number of unbranched alkanes of at least 4 members (excludes halogenated alkanes) is 2. The topological polar surface area (TPSA) is 35.5 Å². The summed E-state index contributed by atoms with van der Waals surface area (Å²) in [4.78, 5) is 12.4. The van der Waals surface area contributed by atoms with E-state index in [1.54, 1.807) is 12.1 Å². The smallest absolute Gasteiger partial charge is 0.343 e. The molecule has 30 heavy (non-hydrogen) atoms. The summed E-state index contributed by atoms with van der Waals surface area (Å²) in [5.74, 6) is 1.11. The summed E-state index contributed by atoms with van der Waals surface area (Å²) in [5, 5.41) is 0. The molecule has 0 atom stereocenters. The molecule has 0 aliphatic carbocycles. The van der Waals surface area contributed by atoms with Crippen molar-refractivity contribution in [1.29, 1.82) is 0 Å². The van der Waals surface area contributed by atoms with Gasteiger partial charge >= 0.3 is 5.97 Å². The fourth-order valence-electron chi connectivity index (χ4n) is 3.15. The van der Waals surface area contributed by atoms with Gasteiger partial charge in [0, 0.05) is 0 Å². The number of hydrogen-bond donors (Lipinski definition) is 0. The predicted molar refractivity (Wildman–Crippen MR) is 122 cm³/mol. The van der Waals surface area contributed by atoms with Crippen molar-refractivity contribution in [2.45, 2.75) is 46.0 Å². The van der Waals surface area contributed by atoms with Gasteiger partial charge < -0.3 is 9.47 Å². The number of esters is 1. The van der Waals surface area contributed by atoms with Crippen LogP contribution in [0.3, 0.4) is 0 Å². The third kappa shape index (κ3) is 6.21. The van der Waals surface area contributed by atoms with Gasteiger partial charge in [0.05, 0.1) is 12.2 Å². The number of benzene rings is 3. The van der Waals surface area contributed by atoms with Crippen LogP contribution in [0.2, 0.25) is 0 Å². The first-order valence-electron chi connectivity index (χ1n) is 10.8. The van der Waals surface area contributed by atoms with E-state index in [0.29, 0.717) is 11.3 Å². The minimum absolute atomic E-state index is 0.345. The van der Waals surface area contributed by atoms with Crippen LogP contribution in [0.5, 0.6) is 11.5 Å². The number of hydrogen-bond acceptors (Lipinski definition) is 3. The average molecular weight is 403 g/mol. The van der Waals surface area contributed by atoms with E-state index < -0.39 is 0 Å². The Balaban J connectivity index is 1.58. The Kier molecular flexibility index (Phi) is 8.08. The van der Waals surface area contributed by atoms with Gasteiger partial charge in [-0.2, -0.15) is 0 Å². The van der Waals surface area contributed by atoms with E-state index in [4.69, 9.17) is 9.47 Å². The minimum atomic E-state index is -0.345. The molecule has 0 saturated heterocycles. The van der Waals surface area contributed by atoms with Gasteiger partial charge in [-0.15, -0.1) is 0 Å². The van der Waals surface area contributed by atoms with Gasteiger partial charge in [0.25, 0.3) is 0 Å². The molecule has 3 aromatic rings. The second kappa shape index (κ2) is 11.2. The van der Waals surface area contributed by atoms with Crippen molar-refractivity contribution in [3.05, 3.63) is 83.9 Å². The highest BCUT2D eigenvalue weighted by atomic mass is 16.5. The molecule has 0 N–H and O–H groups in total. The molecular formula is C27H30O3. The van der Waals surface area contributed by atoms with Crippen molar-refractivity contribution < 1.29 is 14.3 Å². The van der Waals surface area contributed by atoms with Gasteiger partial charge in [-0.05, 0) is 72.4 Å². The number of ether oxygens (including phenoxy) is 2. The standard InChI is InChI=1S/C27H30O3/c1-3-5-7-21-8-16-26(17-9-21)30-27(28)24-12-10-22(11-13-24)23-14-18-25(19-15-23)29-20-6-4-2/h8-19H,3-7,20H2,1-2H3. The summed E-state index contributed by atoms with van der Waals surface area (Å²) in [5.41, 5.74) is 3.93. The Labute approximate surface area is 179 Å². The zero-order valence-electron chi connectivity index (χ0n) is 17.9. The number of carbonyl (C=O) groups is 1. The Bertz CT molecular complexity index is 910. The second-order valence-electron chi connectivity index (χ2n) is 7.44. The van der Waals surface area contributed by atoms with E-state index in [0.717, 1.165) is 42.7 Å². The Morgan fingerprint density at radius 3 is 1.87 bits per heavy atom. The number of aryl methyl sites for hydroxylation is 1. The summed E-state index contributed by atoms with van der Waals surface area (Å²) < 4.78 is 11.2. The van der Waals surface area contributed by atoms with E-state index in [-0.39, 0.29) is 5.97 Å². The first-order chi connectivity index (χ1) is 14.7. The molecule has 0 unspecified atom stereocenters. The van der Waals surface area contributed by atoms with Gasteiger partial charge in [-0.3, -0.25) is 0 Å². The van der Waals surface area contributed by atoms with Crippen molar-refractivity contribution in [1.82, 2.24) is 0 Å². The molecule has 0 fully saturated rings. The predicted octanol–water partition coefficient (Wildman–Crippen LogP) is 7.09. The third-order valence-electron chi connectivity index (χ3n) is 5.03.